The molecule has 104 valence electrons. The standard InChI is InChI=1S/C15H19NO.C2H6/c1-4-6-7-13(5-2)15(17)10-14-9-8-12(3)11-16-14;1-2/h4-9,11,15,17H,2,10H2,1,3H3;1-2H3/b6-4-,13-7+;. The average molecular weight is 259 g/mol. The van der Waals surface area contributed by atoms with Crippen LogP contribution in [0.2, 0.25) is 0 Å². The molecule has 0 saturated carbocycles. The van der Waals surface area contributed by atoms with E-state index in [0.29, 0.717) is 6.42 Å². The van der Waals surface area contributed by atoms with Crippen LogP contribution in [-0.4, -0.2) is 16.2 Å². The van der Waals surface area contributed by atoms with Gasteiger partial charge in [-0.05, 0) is 31.1 Å². The van der Waals surface area contributed by atoms with Gasteiger partial charge in [-0.15, -0.1) is 0 Å². The molecule has 0 aliphatic rings. The fourth-order valence-electron chi connectivity index (χ4n) is 1.46. The Balaban J connectivity index is 0.00000154. The van der Waals surface area contributed by atoms with E-state index in [0.717, 1.165) is 16.8 Å². The number of aromatic nitrogens is 1. The van der Waals surface area contributed by atoms with Crippen LogP contribution in [0.4, 0.5) is 0 Å². The lowest BCUT2D eigenvalue weighted by molar-refractivity contribution is 0.214. The zero-order chi connectivity index (χ0) is 14.7. The van der Waals surface area contributed by atoms with Gasteiger partial charge in [-0.3, -0.25) is 4.98 Å². The molecule has 2 heteroatoms. The summed E-state index contributed by atoms with van der Waals surface area (Å²) in [6.45, 7) is 11.6. The van der Waals surface area contributed by atoms with Gasteiger partial charge < -0.3 is 5.11 Å². The van der Waals surface area contributed by atoms with Crippen LogP contribution < -0.4 is 0 Å². The first-order chi connectivity index (χ1) is 9.17. The summed E-state index contributed by atoms with van der Waals surface area (Å²) in [5, 5.41) is 10.0. The van der Waals surface area contributed by atoms with Crippen molar-refractivity contribution in [3.63, 3.8) is 0 Å². The van der Waals surface area contributed by atoms with Gasteiger partial charge in [-0.2, -0.15) is 0 Å². The van der Waals surface area contributed by atoms with Gasteiger partial charge in [0, 0.05) is 18.3 Å². The predicted molar refractivity (Wildman–Crippen MR) is 83.1 cm³/mol. The highest BCUT2D eigenvalue weighted by Crippen LogP contribution is 2.10. The van der Waals surface area contributed by atoms with Gasteiger partial charge in [0.2, 0.25) is 0 Å². The molecule has 0 saturated heterocycles. The van der Waals surface area contributed by atoms with Crippen molar-refractivity contribution >= 4 is 0 Å². The normalized spacial score (nSPS) is 12.8. The van der Waals surface area contributed by atoms with Crippen LogP contribution in [-0.2, 0) is 6.42 Å². The fourth-order valence-corrected chi connectivity index (χ4v) is 1.46. The molecule has 0 bridgehead atoms. The molecule has 0 aliphatic heterocycles. The Hall–Kier alpha value is -1.67. The van der Waals surface area contributed by atoms with E-state index < -0.39 is 6.10 Å². The second-order valence-electron chi connectivity index (χ2n) is 3.94. The Morgan fingerprint density at radius 3 is 2.58 bits per heavy atom. The summed E-state index contributed by atoms with van der Waals surface area (Å²) in [4.78, 5) is 4.28. The minimum absolute atomic E-state index is 0.510. The van der Waals surface area contributed by atoms with Crippen LogP contribution in [0.15, 0.2) is 54.8 Å². The van der Waals surface area contributed by atoms with Gasteiger partial charge in [0.1, 0.15) is 0 Å². The highest BCUT2D eigenvalue weighted by molar-refractivity contribution is 5.27. The number of hydrogen-bond acceptors (Lipinski definition) is 2. The molecular weight excluding hydrogens is 234 g/mol. The highest BCUT2D eigenvalue weighted by Gasteiger charge is 2.09. The van der Waals surface area contributed by atoms with Crippen molar-refractivity contribution in [3.05, 3.63) is 66.0 Å². The lowest BCUT2D eigenvalue weighted by Gasteiger charge is -2.11. The maximum absolute atomic E-state index is 10.0. The van der Waals surface area contributed by atoms with Crippen molar-refractivity contribution in [2.45, 2.75) is 40.2 Å². The van der Waals surface area contributed by atoms with Crippen molar-refractivity contribution in [2.75, 3.05) is 0 Å². The Morgan fingerprint density at radius 1 is 1.42 bits per heavy atom. The molecule has 0 amide bonds. The molecule has 1 aromatic heterocycles. The second-order valence-corrected chi connectivity index (χ2v) is 3.94. The SMILES string of the molecule is C=C/C(=C\C=C/C)C(O)Cc1ccc(C)cn1.CC. The number of aliphatic hydroxyl groups is 1. The quantitative estimate of drug-likeness (QED) is 0.810. The second kappa shape index (κ2) is 10.3. The van der Waals surface area contributed by atoms with E-state index in [1.807, 2.05) is 64.3 Å². The van der Waals surface area contributed by atoms with Crippen LogP contribution in [0.5, 0.6) is 0 Å². The van der Waals surface area contributed by atoms with Gasteiger partial charge in [0.05, 0.1) is 6.10 Å². The van der Waals surface area contributed by atoms with E-state index in [4.69, 9.17) is 0 Å². The minimum Gasteiger partial charge on any atom is -0.388 e. The lowest BCUT2D eigenvalue weighted by atomic mass is 10.0. The fraction of sp³-hybridized carbons (Fsp3) is 0.353. The molecular formula is C17H25NO. The van der Waals surface area contributed by atoms with E-state index in [-0.39, 0.29) is 0 Å². The summed E-state index contributed by atoms with van der Waals surface area (Å²) in [6.07, 6.45) is 9.12. The molecule has 0 spiro atoms. The summed E-state index contributed by atoms with van der Waals surface area (Å²) in [7, 11) is 0. The van der Waals surface area contributed by atoms with Crippen molar-refractivity contribution in [3.8, 4) is 0 Å². The summed E-state index contributed by atoms with van der Waals surface area (Å²) in [5.41, 5.74) is 2.82. The van der Waals surface area contributed by atoms with Crippen molar-refractivity contribution < 1.29 is 5.11 Å². The topological polar surface area (TPSA) is 33.1 Å². The molecule has 2 nitrogen and oxygen atoms in total. The first-order valence-electron chi connectivity index (χ1n) is 6.72. The Labute approximate surface area is 117 Å². The number of allylic oxidation sites excluding steroid dienone is 3. The van der Waals surface area contributed by atoms with Gasteiger partial charge in [-0.1, -0.05) is 50.8 Å². The largest absolute Gasteiger partial charge is 0.388 e. The molecule has 0 radical (unpaired) electrons. The number of nitrogens with zero attached hydrogens (tertiary/aromatic N) is 1. The van der Waals surface area contributed by atoms with E-state index >= 15 is 0 Å². The third-order valence-corrected chi connectivity index (χ3v) is 2.48. The van der Waals surface area contributed by atoms with Gasteiger partial charge in [0.15, 0.2) is 0 Å². The number of aliphatic hydroxyl groups excluding tert-OH is 1. The molecule has 1 heterocycles. The van der Waals surface area contributed by atoms with Gasteiger partial charge in [0.25, 0.3) is 0 Å². The van der Waals surface area contributed by atoms with Crippen LogP contribution in [0.25, 0.3) is 0 Å². The van der Waals surface area contributed by atoms with E-state index in [2.05, 4.69) is 11.6 Å². The molecule has 19 heavy (non-hydrogen) atoms. The lowest BCUT2D eigenvalue weighted by Crippen LogP contribution is -2.13. The molecule has 0 fully saturated rings. The molecule has 1 N–H and O–H groups in total. The number of aryl methyl sites for hydroxylation is 1. The molecule has 1 rings (SSSR count). The van der Waals surface area contributed by atoms with Crippen LogP contribution >= 0.6 is 0 Å². The third kappa shape index (κ3) is 6.73. The minimum atomic E-state index is -0.557. The number of rotatable bonds is 5. The molecule has 0 aromatic carbocycles. The van der Waals surface area contributed by atoms with E-state index in [1.54, 1.807) is 6.08 Å². The van der Waals surface area contributed by atoms with Crippen LogP contribution in [0.1, 0.15) is 32.0 Å². The summed E-state index contributed by atoms with van der Waals surface area (Å²) < 4.78 is 0. The predicted octanol–water partition coefficient (Wildman–Crippen LogP) is 4.01. The smallest absolute Gasteiger partial charge is 0.0845 e. The van der Waals surface area contributed by atoms with Crippen molar-refractivity contribution in [1.82, 2.24) is 4.98 Å². The third-order valence-electron chi connectivity index (χ3n) is 2.48. The number of hydrogen-bond donors (Lipinski definition) is 1. The van der Waals surface area contributed by atoms with Crippen LogP contribution in [0.3, 0.4) is 0 Å². The zero-order valence-electron chi connectivity index (χ0n) is 12.4. The Bertz CT molecular complexity index is 415. The first kappa shape index (κ1) is 17.3. The highest BCUT2D eigenvalue weighted by atomic mass is 16.3. The van der Waals surface area contributed by atoms with Gasteiger partial charge >= 0.3 is 0 Å². The van der Waals surface area contributed by atoms with E-state index in [1.165, 1.54) is 0 Å². The van der Waals surface area contributed by atoms with Gasteiger partial charge in [-0.25, -0.2) is 0 Å². The molecule has 0 aliphatic carbocycles. The maximum Gasteiger partial charge on any atom is 0.0845 e. The number of pyridine rings is 1. The zero-order valence-corrected chi connectivity index (χ0v) is 12.4. The Kier molecular flexibility index (Phi) is 9.37. The van der Waals surface area contributed by atoms with Crippen molar-refractivity contribution in [1.29, 1.82) is 0 Å². The summed E-state index contributed by atoms with van der Waals surface area (Å²) >= 11 is 0. The Morgan fingerprint density at radius 2 is 2.11 bits per heavy atom. The van der Waals surface area contributed by atoms with E-state index in [9.17, 15) is 5.11 Å². The molecule has 1 aromatic rings. The molecule has 1 atom stereocenters. The summed E-state index contributed by atoms with van der Waals surface area (Å²) in [6, 6.07) is 3.94. The monoisotopic (exact) mass is 259 g/mol. The summed E-state index contributed by atoms with van der Waals surface area (Å²) in [5.74, 6) is 0. The van der Waals surface area contributed by atoms with Crippen LogP contribution in [0, 0.1) is 6.92 Å². The van der Waals surface area contributed by atoms with Crippen molar-refractivity contribution in [2.24, 2.45) is 0 Å². The average Bonchev–Trinajstić information content (AvgIpc) is 2.44. The molecule has 1 unspecified atom stereocenters. The first-order valence-corrected chi connectivity index (χ1v) is 6.72. The maximum atomic E-state index is 10.0.